The van der Waals surface area contributed by atoms with Gasteiger partial charge in [0.05, 0.1) is 0 Å². The molecular formula is C11H18N4S. The summed E-state index contributed by atoms with van der Waals surface area (Å²) in [7, 11) is 1.85. The third-order valence-electron chi connectivity index (χ3n) is 2.81. The van der Waals surface area contributed by atoms with Crippen molar-refractivity contribution < 1.29 is 0 Å². The maximum absolute atomic E-state index is 4.56. The molecule has 1 fully saturated rings. The fraction of sp³-hybridized carbons (Fsp3) is 0.636. The minimum Gasteiger partial charge on any atom is -0.357 e. The van der Waals surface area contributed by atoms with Crippen molar-refractivity contribution in [1.82, 2.24) is 9.97 Å². The average Bonchev–Trinajstić information content (AvgIpc) is 2.31. The van der Waals surface area contributed by atoms with Crippen molar-refractivity contribution in [3.8, 4) is 0 Å². The van der Waals surface area contributed by atoms with Crippen LogP contribution in [0.3, 0.4) is 0 Å². The van der Waals surface area contributed by atoms with Gasteiger partial charge in [0.25, 0.3) is 0 Å². The normalized spacial score (nSPS) is 20.9. The summed E-state index contributed by atoms with van der Waals surface area (Å²) in [6.07, 6.45) is 1.89. The van der Waals surface area contributed by atoms with Gasteiger partial charge in [0, 0.05) is 42.9 Å². The van der Waals surface area contributed by atoms with Gasteiger partial charge in [-0.15, -0.1) is 0 Å². The lowest BCUT2D eigenvalue weighted by molar-refractivity contribution is 0.686. The van der Waals surface area contributed by atoms with Crippen LogP contribution in [0.2, 0.25) is 0 Å². The molecule has 1 aliphatic heterocycles. The molecule has 0 bridgehead atoms. The van der Waals surface area contributed by atoms with E-state index in [2.05, 4.69) is 34.0 Å². The van der Waals surface area contributed by atoms with Crippen LogP contribution < -0.4 is 10.2 Å². The molecule has 2 heterocycles. The van der Waals surface area contributed by atoms with Gasteiger partial charge in [0.1, 0.15) is 5.82 Å². The first kappa shape index (κ1) is 11.5. The van der Waals surface area contributed by atoms with Gasteiger partial charge in [0.2, 0.25) is 5.95 Å². The summed E-state index contributed by atoms with van der Waals surface area (Å²) in [5.41, 5.74) is 1.15. The summed E-state index contributed by atoms with van der Waals surface area (Å²) >= 11 is 2.02. The Balaban J connectivity index is 2.30. The van der Waals surface area contributed by atoms with Crippen LogP contribution in [-0.2, 0) is 0 Å². The van der Waals surface area contributed by atoms with E-state index in [0.29, 0.717) is 12.0 Å². The average molecular weight is 238 g/mol. The molecule has 0 aliphatic carbocycles. The molecule has 0 amide bonds. The first-order valence-electron chi connectivity index (χ1n) is 5.58. The molecule has 0 spiro atoms. The van der Waals surface area contributed by atoms with Crippen LogP contribution in [-0.4, -0.2) is 41.1 Å². The highest BCUT2D eigenvalue weighted by Crippen LogP contribution is 2.25. The summed E-state index contributed by atoms with van der Waals surface area (Å²) in [6, 6.07) is 0.553. The Morgan fingerprint density at radius 2 is 2.38 bits per heavy atom. The topological polar surface area (TPSA) is 41.1 Å². The van der Waals surface area contributed by atoms with E-state index in [0.717, 1.165) is 17.9 Å². The number of aromatic nitrogens is 2. The molecule has 16 heavy (non-hydrogen) atoms. The van der Waals surface area contributed by atoms with E-state index in [4.69, 9.17) is 0 Å². The molecule has 1 aromatic heterocycles. The van der Waals surface area contributed by atoms with E-state index < -0.39 is 0 Å². The number of nitrogens with one attached hydrogen (secondary N) is 1. The van der Waals surface area contributed by atoms with E-state index in [1.165, 1.54) is 11.5 Å². The molecule has 0 radical (unpaired) electrons. The van der Waals surface area contributed by atoms with Crippen molar-refractivity contribution >= 4 is 23.5 Å². The van der Waals surface area contributed by atoms with Crippen LogP contribution in [0.25, 0.3) is 0 Å². The summed E-state index contributed by atoms with van der Waals surface area (Å²) in [6.45, 7) is 5.41. The second kappa shape index (κ2) is 4.91. The minimum atomic E-state index is 0.553. The highest BCUT2D eigenvalue weighted by molar-refractivity contribution is 7.99. The first-order valence-corrected chi connectivity index (χ1v) is 6.73. The van der Waals surface area contributed by atoms with Gasteiger partial charge < -0.3 is 10.2 Å². The number of hydrogen-bond donors (Lipinski definition) is 1. The first-order chi connectivity index (χ1) is 7.72. The van der Waals surface area contributed by atoms with E-state index in [1.54, 1.807) is 0 Å². The van der Waals surface area contributed by atoms with Gasteiger partial charge in [0.15, 0.2) is 0 Å². The van der Waals surface area contributed by atoms with Gasteiger partial charge in [-0.25, -0.2) is 4.98 Å². The summed E-state index contributed by atoms with van der Waals surface area (Å²) in [5.74, 6) is 4.14. The van der Waals surface area contributed by atoms with Crippen molar-refractivity contribution in [1.29, 1.82) is 0 Å². The highest BCUT2D eigenvalue weighted by Gasteiger charge is 2.21. The van der Waals surface area contributed by atoms with Crippen LogP contribution >= 0.6 is 11.8 Å². The third-order valence-corrected chi connectivity index (χ3v) is 4.00. The fourth-order valence-electron chi connectivity index (χ4n) is 1.89. The van der Waals surface area contributed by atoms with Gasteiger partial charge in [-0.1, -0.05) is 0 Å². The molecule has 4 nitrogen and oxygen atoms in total. The van der Waals surface area contributed by atoms with Gasteiger partial charge in [-0.05, 0) is 13.8 Å². The van der Waals surface area contributed by atoms with E-state index in [9.17, 15) is 0 Å². The smallest absolute Gasteiger partial charge is 0.224 e. The predicted octanol–water partition coefficient (Wildman–Crippen LogP) is 1.77. The molecule has 1 aliphatic rings. The summed E-state index contributed by atoms with van der Waals surface area (Å²) in [4.78, 5) is 11.2. The predicted molar refractivity (Wildman–Crippen MR) is 70.4 cm³/mol. The van der Waals surface area contributed by atoms with Crippen molar-refractivity contribution in [2.24, 2.45) is 0 Å². The summed E-state index contributed by atoms with van der Waals surface area (Å²) < 4.78 is 0. The van der Waals surface area contributed by atoms with Crippen LogP contribution in [0.1, 0.15) is 12.5 Å². The number of nitrogens with zero attached hydrogens (tertiary/aromatic N) is 3. The maximum atomic E-state index is 4.56. The Kier molecular flexibility index (Phi) is 3.53. The molecule has 1 saturated heterocycles. The van der Waals surface area contributed by atoms with E-state index >= 15 is 0 Å². The number of aryl methyl sites for hydroxylation is 1. The lowest BCUT2D eigenvalue weighted by Crippen LogP contribution is -2.41. The summed E-state index contributed by atoms with van der Waals surface area (Å²) in [5, 5.41) is 2.99. The van der Waals surface area contributed by atoms with Gasteiger partial charge in [-0.2, -0.15) is 16.7 Å². The number of hydrogen-bond acceptors (Lipinski definition) is 5. The Morgan fingerprint density at radius 1 is 1.56 bits per heavy atom. The Labute approximate surface area is 101 Å². The van der Waals surface area contributed by atoms with Gasteiger partial charge in [-0.3, -0.25) is 0 Å². The molecule has 1 aromatic rings. The van der Waals surface area contributed by atoms with E-state index in [-0.39, 0.29) is 0 Å². The monoisotopic (exact) mass is 238 g/mol. The van der Waals surface area contributed by atoms with Crippen LogP contribution in [0.5, 0.6) is 0 Å². The van der Waals surface area contributed by atoms with Gasteiger partial charge >= 0.3 is 0 Å². The Bertz CT molecular complexity index is 369. The second-order valence-corrected chi connectivity index (χ2v) is 5.22. The minimum absolute atomic E-state index is 0.553. The molecule has 1 unspecified atom stereocenters. The molecule has 1 atom stereocenters. The zero-order valence-corrected chi connectivity index (χ0v) is 10.8. The lowest BCUT2D eigenvalue weighted by atomic mass is 10.2. The fourth-order valence-corrected chi connectivity index (χ4v) is 2.90. The maximum Gasteiger partial charge on any atom is 0.224 e. The molecule has 0 aromatic carbocycles. The lowest BCUT2D eigenvalue weighted by Gasteiger charge is -2.34. The zero-order valence-electron chi connectivity index (χ0n) is 10.0. The van der Waals surface area contributed by atoms with Crippen LogP contribution in [0.15, 0.2) is 6.20 Å². The SMILES string of the molecule is CNc1ncc(C)c(N2CCSCC2C)n1. The van der Waals surface area contributed by atoms with Crippen molar-refractivity contribution in [2.75, 3.05) is 35.3 Å². The molecule has 88 valence electrons. The molecule has 0 saturated carbocycles. The molecule has 1 N–H and O–H groups in total. The van der Waals surface area contributed by atoms with E-state index in [1.807, 2.05) is 25.0 Å². The third kappa shape index (κ3) is 2.24. The van der Waals surface area contributed by atoms with Crippen LogP contribution in [0.4, 0.5) is 11.8 Å². The highest BCUT2D eigenvalue weighted by atomic mass is 32.2. The number of thioether (sulfide) groups is 1. The van der Waals surface area contributed by atoms with Crippen LogP contribution in [0, 0.1) is 6.92 Å². The van der Waals surface area contributed by atoms with Crippen molar-refractivity contribution in [3.05, 3.63) is 11.8 Å². The zero-order chi connectivity index (χ0) is 11.5. The number of anilines is 2. The second-order valence-electron chi connectivity index (χ2n) is 4.07. The Morgan fingerprint density at radius 3 is 3.06 bits per heavy atom. The standard InChI is InChI=1S/C11H18N4S/c1-8-6-13-11(12-3)14-10(8)15-4-5-16-7-9(15)2/h6,9H,4-5,7H2,1-3H3,(H,12,13,14). The molecule has 2 rings (SSSR count). The molecular weight excluding hydrogens is 220 g/mol. The Hall–Kier alpha value is -0.970. The molecule has 5 heteroatoms. The van der Waals surface area contributed by atoms with Crippen molar-refractivity contribution in [2.45, 2.75) is 19.9 Å². The largest absolute Gasteiger partial charge is 0.357 e. The number of rotatable bonds is 2. The van der Waals surface area contributed by atoms with Crippen molar-refractivity contribution in [3.63, 3.8) is 0 Å². The quantitative estimate of drug-likeness (QED) is 0.850.